The quantitative estimate of drug-likeness (QED) is 0.866. The Hall–Kier alpha value is -2.06. The van der Waals surface area contributed by atoms with Crippen LogP contribution in [0.15, 0.2) is 47.5 Å². The summed E-state index contributed by atoms with van der Waals surface area (Å²) >= 11 is 4.75. The maximum absolute atomic E-state index is 13.8. The second-order valence-electron chi connectivity index (χ2n) is 4.14. The number of thiocarbonyl (C=S) groups is 1. The molecule has 0 bridgehead atoms. The highest BCUT2D eigenvalue weighted by atomic mass is 32.2. The van der Waals surface area contributed by atoms with Crippen molar-refractivity contribution in [2.45, 2.75) is 4.90 Å². The molecule has 0 saturated heterocycles. The summed E-state index contributed by atoms with van der Waals surface area (Å²) in [6, 6.07) is 8.48. The maximum Gasteiger partial charge on any atom is 0.266 e. The van der Waals surface area contributed by atoms with Gasteiger partial charge in [0.1, 0.15) is 21.5 Å². The van der Waals surface area contributed by atoms with E-state index in [-0.39, 0.29) is 21.3 Å². The number of nitrogens with two attached hydrogens (primary N) is 1. The first-order valence-corrected chi connectivity index (χ1v) is 7.69. The van der Waals surface area contributed by atoms with E-state index < -0.39 is 15.8 Å². The Bertz CT molecular complexity index is 779. The van der Waals surface area contributed by atoms with E-state index in [4.69, 9.17) is 18.0 Å². The minimum absolute atomic E-state index is 0.204. The second-order valence-corrected chi connectivity index (χ2v) is 6.52. The Labute approximate surface area is 127 Å². The lowest BCUT2D eigenvalue weighted by Gasteiger charge is -2.20. The first kappa shape index (κ1) is 15.3. The molecule has 0 radical (unpaired) electrons. The van der Waals surface area contributed by atoms with Crippen LogP contribution in [0.25, 0.3) is 0 Å². The van der Waals surface area contributed by atoms with Crippen molar-refractivity contribution in [3.05, 3.63) is 54.0 Å². The van der Waals surface area contributed by atoms with Crippen LogP contribution >= 0.6 is 12.2 Å². The fourth-order valence-electron chi connectivity index (χ4n) is 1.77. The van der Waals surface area contributed by atoms with Gasteiger partial charge in [-0.15, -0.1) is 0 Å². The van der Waals surface area contributed by atoms with Crippen LogP contribution in [0.5, 0.6) is 0 Å². The molecule has 2 rings (SSSR count). The average Bonchev–Trinajstić information content (AvgIpc) is 2.46. The molecule has 110 valence electrons. The number of benzene rings is 1. The number of nitrogens with zero attached hydrogens (tertiary/aromatic N) is 2. The predicted octanol–water partition coefficient (Wildman–Crippen LogP) is 1.68. The SMILES string of the molecule is CN(c1ccccn1)S(=O)(=O)c1cccc(F)c1C(N)=S. The lowest BCUT2D eigenvalue weighted by atomic mass is 10.2. The van der Waals surface area contributed by atoms with E-state index in [0.717, 1.165) is 10.4 Å². The van der Waals surface area contributed by atoms with Crippen LogP contribution in [-0.2, 0) is 10.0 Å². The van der Waals surface area contributed by atoms with Crippen LogP contribution in [0.1, 0.15) is 5.56 Å². The first-order valence-electron chi connectivity index (χ1n) is 5.84. The zero-order valence-electron chi connectivity index (χ0n) is 11.0. The lowest BCUT2D eigenvalue weighted by molar-refractivity contribution is 0.588. The molecule has 21 heavy (non-hydrogen) atoms. The van der Waals surface area contributed by atoms with E-state index in [1.165, 1.54) is 31.4 Å². The Balaban J connectivity index is 2.61. The number of rotatable bonds is 4. The summed E-state index contributed by atoms with van der Waals surface area (Å²) < 4.78 is 40.0. The Kier molecular flexibility index (Phi) is 4.19. The van der Waals surface area contributed by atoms with Gasteiger partial charge >= 0.3 is 0 Å². The van der Waals surface area contributed by atoms with Gasteiger partial charge in [-0.3, -0.25) is 4.31 Å². The van der Waals surface area contributed by atoms with E-state index in [0.29, 0.717) is 0 Å². The zero-order chi connectivity index (χ0) is 15.6. The third-order valence-electron chi connectivity index (χ3n) is 2.83. The lowest BCUT2D eigenvalue weighted by Crippen LogP contribution is -2.30. The molecule has 0 saturated carbocycles. The van der Waals surface area contributed by atoms with E-state index in [9.17, 15) is 12.8 Å². The number of pyridine rings is 1. The van der Waals surface area contributed by atoms with E-state index >= 15 is 0 Å². The fraction of sp³-hybridized carbons (Fsp3) is 0.0769. The molecule has 0 fully saturated rings. The Morgan fingerprint density at radius 2 is 2.00 bits per heavy atom. The number of sulfonamides is 1. The van der Waals surface area contributed by atoms with Crippen molar-refractivity contribution in [1.82, 2.24) is 4.98 Å². The highest BCUT2D eigenvalue weighted by Gasteiger charge is 2.27. The van der Waals surface area contributed by atoms with Gasteiger partial charge < -0.3 is 5.73 Å². The third kappa shape index (κ3) is 2.86. The number of halogens is 1. The van der Waals surface area contributed by atoms with Gasteiger partial charge in [0, 0.05) is 13.2 Å². The summed E-state index contributed by atoms with van der Waals surface area (Å²) in [7, 11) is -2.70. The van der Waals surface area contributed by atoms with Gasteiger partial charge in [0.2, 0.25) is 0 Å². The number of aromatic nitrogens is 1. The maximum atomic E-state index is 13.8. The summed E-state index contributed by atoms with van der Waals surface area (Å²) in [5, 5.41) is 0. The zero-order valence-corrected chi connectivity index (χ0v) is 12.7. The molecule has 0 aliphatic rings. The van der Waals surface area contributed by atoms with Gasteiger partial charge in [0.15, 0.2) is 0 Å². The summed E-state index contributed by atoms with van der Waals surface area (Å²) in [5.41, 5.74) is 5.15. The molecule has 8 heteroatoms. The Morgan fingerprint density at radius 1 is 1.29 bits per heavy atom. The van der Waals surface area contributed by atoms with Gasteiger partial charge in [0.05, 0.1) is 5.56 Å². The van der Waals surface area contributed by atoms with Crippen LogP contribution in [0.4, 0.5) is 10.2 Å². The minimum atomic E-state index is -4.03. The summed E-state index contributed by atoms with van der Waals surface area (Å²) in [5.74, 6) is -0.575. The third-order valence-corrected chi connectivity index (χ3v) is 4.84. The molecule has 0 aliphatic heterocycles. The standard InChI is InChI=1S/C13H12FN3O2S2/c1-17(11-7-2-3-8-16-11)21(18,19)10-6-4-5-9(14)12(10)13(15)20/h2-8H,1H3,(H2,15,20). The molecule has 0 aliphatic carbocycles. The molecule has 2 N–H and O–H groups in total. The highest BCUT2D eigenvalue weighted by Crippen LogP contribution is 2.24. The second kappa shape index (κ2) is 5.74. The van der Waals surface area contributed by atoms with Gasteiger partial charge in [-0.2, -0.15) is 0 Å². The van der Waals surface area contributed by atoms with Gasteiger partial charge in [0.25, 0.3) is 10.0 Å². The first-order chi connectivity index (χ1) is 9.85. The van der Waals surface area contributed by atoms with Crippen LogP contribution in [0.2, 0.25) is 0 Å². The molecule has 0 unspecified atom stereocenters. The normalized spacial score (nSPS) is 11.1. The van der Waals surface area contributed by atoms with Crippen LogP contribution in [0.3, 0.4) is 0 Å². The van der Waals surface area contributed by atoms with Crippen molar-refractivity contribution < 1.29 is 12.8 Å². The largest absolute Gasteiger partial charge is 0.389 e. The van der Waals surface area contributed by atoms with E-state index in [1.807, 2.05) is 0 Å². The highest BCUT2D eigenvalue weighted by molar-refractivity contribution is 7.93. The van der Waals surface area contributed by atoms with E-state index in [2.05, 4.69) is 4.98 Å². The van der Waals surface area contributed by atoms with E-state index in [1.54, 1.807) is 12.1 Å². The summed E-state index contributed by atoms with van der Waals surface area (Å²) in [6.45, 7) is 0. The molecule has 1 aromatic carbocycles. The van der Waals surface area contributed by atoms with Crippen molar-refractivity contribution in [2.24, 2.45) is 5.73 Å². The molecule has 0 amide bonds. The molecule has 1 heterocycles. The van der Waals surface area contributed by atoms with Crippen molar-refractivity contribution in [2.75, 3.05) is 11.4 Å². The van der Waals surface area contributed by atoms with Crippen LogP contribution < -0.4 is 10.0 Å². The van der Waals surface area contributed by atoms with Gasteiger partial charge in [-0.05, 0) is 24.3 Å². The predicted molar refractivity (Wildman–Crippen MR) is 82.1 cm³/mol. The summed E-state index contributed by atoms with van der Waals surface area (Å²) in [4.78, 5) is 3.35. The van der Waals surface area contributed by atoms with Crippen molar-refractivity contribution in [3.8, 4) is 0 Å². The minimum Gasteiger partial charge on any atom is -0.389 e. The average molecular weight is 325 g/mol. The molecule has 0 atom stereocenters. The van der Waals surface area contributed by atoms with Crippen LogP contribution in [-0.4, -0.2) is 25.4 Å². The molecular weight excluding hydrogens is 313 g/mol. The van der Waals surface area contributed by atoms with Crippen molar-refractivity contribution >= 4 is 33.0 Å². The fourth-order valence-corrected chi connectivity index (χ4v) is 3.41. The Morgan fingerprint density at radius 3 is 2.57 bits per heavy atom. The number of hydrogen-bond acceptors (Lipinski definition) is 4. The number of hydrogen-bond donors (Lipinski definition) is 1. The monoisotopic (exact) mass is 325 g/mol. The summed E-state index contributed by atoms with van der Waals surface area (Å²) in [6.07, 6.45) is 1.46. The van der Waals surface area contributed by atoms with Gasteiger partial charge in [-0.25, -0.2) is 17.8 Å². The molecule has 5 nitrogen and oxygen atoms in total. The smallest absolute Gasteiger partial charge is 0.266 e. The molecule has 0 spiro atoms. The van der Waals surface area contributed by atoms with Crippen molar-refractivity contribution in [1.29, 1.82) is 0 Å². The van der Waals surface area contributed by atoms with Gasteiger partial charge in [-0.1, -0.05) is 24.4 Å². The number of anilines is 1. The molecule has 1 aromatic heterocycles. The molecule has 2 aromatic rings. The van der Waals surface area contributed by atoms with Crippen molar-refractivity contribution in [3.63, 3.8) is 0 Å². The van der Waals surface area contributed by atoms with Crippen LogP contribution in [0, 0.1) is 5.82 Å². The topological polar surface area (TPSA) is 76.3 Å². The molecular formula is C13H12FN3O2S2.